The second-order valence-electron chi connectivity index (χ2n) is 1.53. The quantitative estimate of drug-likeness (QED) is 0.699. The van der Waals surface area contributed by atoms with E-state index in [4.69, 9.17) is 16.2 Å². The molecular weight excluding hydrogens is 196 g/mol. The second-order valence-corrected chi connectivity index (χ2v) is 4.47. The highest BCUT2D eigenvalue weighted by molar-refractivity contribution is 7.88. The van der Waals surface area contributed by atoms with E-state index in [2.05, 4.69) is 0 Å². The zero-order valence-corrected chi connectivity index (χ0v) is 7.00. The monoisotopic (exact) mass is 198 g/mol. The van der Waals surface area contributed by atoms with Crippen molar-refractivity contribution in [2.24, 2.45) is 0 Å². The van der Waals surface area contributed by atoms with E-state index in [0.29, 0.717) is 0 Å². The predicted octanol–water partition coefficient (Wildman–Crippen LogP) is 1.65. The van der Waals surface area contributed by atoms with Crippen LogP contribution in [0, 0.1) is 0 Å². The molecule has 1 rings (SSSR count). The predicted molar refractivity (Wildman–Crippen MR) is 39.1 cm³/mol. The lowest BCUT2D eigenvalue weighted by Gasteiger charge is -1.88. The van der Waals surface area contributed by atoms with Gasteiger partial charge in [-0.1, -0.05) is 11.6 Å². The van der Waals surface area contributed by atoms with Gasteiger partial charge in [-0.2, -0.15) is 8.42 Å². The molecule has 6 heteroatoms. The molecular formula is C4H3ClO3S2. The summed E-state index contributed by atoms with van der Waals surface area (Å²) in [4.78, 5) is 0. The highest BCUT2D eigenvalue weighted by Crippen LogP contribution is 2.26. The van der Waals surface area contributed by atoms with Gasteiger partial charge in [0.1, 0.15) is 0 Å². The zero-order valence-electron chi connectivity index (χ0n) is 4.61. The Bertz CT molecular complexity index is 326. The molecule has 0 saturated carbocycles. The molecule has 1 aromatic heterocycles. The number of hydrogen-bond donors (Lipinski definition) is 1. The third kappa shape index (κ3) is 1.49. The molecule has 0 radical (unpaired) electrons. The van der Waals surface area contributed by atoms with E-state index in [-0.39, 0.29) is 9.23 Å². The maximum atomic E-state index is 10.4. The van der Waals surface area contributed by atoms with Gasteiger partial charge in [0.15, 0.2) is 4.21 Å². The molecule has 0 aliphatic rings. The summed E-state index contributed by atoms with van der Waals surface area (Å²) in [5.41, 5.74) is 0. The summed E-state index contributed by atoms with van der Waals surface area (Å²) < 4.78 is 29.0. The molecule has 3 nitrogen and oxygen atoms in total. The van der Waals surface area contributed by atoms with Crippen molar-refractivity contribution in [3.63, 3.8) is 0 Å². The molecule has 1 heterocycles. The summed E-state index contributed by atoms with van der Waals surface area (Å²) in [6, 6.07) is 1.41. The minimum Gasteiger partial charge on any atom is -0.281 e. The van der Waals surface area contributed by atoms with E-state index in [1.54, 1.807) is 0 Å². The first-order valence-corrected chi connectivity index (χ1v) is 4.92. The summed E-state index contributed by atoms with van der Waals surface area (Å²) in [5.74, 6) is 0. The largest absolute Gasteiger partial charge is 0.305 e. The van der Waals surface area contributed by atoms with E-state index in [1.165, 1.54) is 11.4 Å². The fourth-order valence-electron chi connectivity index (χ4n) is 0.464. The smallest absolute Gasteiger partial charge is 0.281 e. The van der Waals surface area contributed by atoms with Gasteiger partial charge >= 0.3 is 10.1 Å². The summed E-state index contributed by atoms with van der Waals surface area (Å²) in [7, 11) is -4.10. The Morgan fingerprint density at radius 1 is 1.60 bits per heavy atom. The molecule has 10 heavy (non-hydrogen) atoms. The van der Waals surface area contributed by atoms with Crippen molar-refractivity contribution in [3.05, 3.63) is 16.5 Å². The van der Waals surface area contributed by atoms with Crippen LogP contribution in [0.15, 0.2) is 15.7 Å². The highest BCUT2D eigenvalue weighted by atomic mass is 35.5. The molecule has 0 aromatic carbocycles. The van der Waals surface area contributed by atoms with Crippen LogP contribution in [0.1, 0.15) is 0 Å². The number of hydrogen-bond acceptors (Lipinski definition) is 3. The minimum atomic E-state index is -4.10. The molecule has 0 saturated heterocycles. The lowest BCUT2D eigenvalue weighted by molar-refractivity contribution is 0.485. The van der Waals surface area contributed by atoms with Gasteiger partial charge in [-0.05, 0) is 11.4 Å². The Balaban J connectivity index is 3.32. The average Bonchev–Trinajstić information content (AvgIpc) is 2.11. The van der Waals surface area contributed by atoms with Crippen LogP contribution in [-0.2, 0) is 10.1 Å². The third-order valence-corrected chi connectivity index (χ3v) is 3.67. The van der Waals surface area contributed by atoms with Crippen LogP contribution in [0.4, 0.5) is 0 Å². The zero-order chi connectivity index (χ0) is 7.78. The van der Waals surface area contributed by atoms with Crippen molar-refractivity contribution < 1.29 is 13.0 Å². The molecule has 0 atom stereocenters. The van der Waals surface area contributed by atoms with Crippen LogP contribution < -0.4 is 0 Å². The lowest BCUT2D eigenvalue weighted by atomic mass is 10.7. The lowest BCUT2D eigenvalue weighted by Crippen LogP contribution is -1.94. The van der Waals surface area contributed by atoms with Gasteiger partial charge < -0.3 is 0 Å². The Labute approximate surface area is 67.0 Å². The van der Waals surface area contributed by atoms with Crippen molar-refractivity contribution >= 4 is 33.1 Å². The molecule has 1 N–H and O–H groups in total. The second kappa shape index (κ2) is 2.50. The van der Waals surface area contributed by atoms with Gasteiger partial charge in [-0.3, -0.25) is 4.55 Å². The molecule has 0 spiro atoms. The first-order valence-electron chi connectivity index (χ1n) is 2.22. The van der Waals surface area contributed by atoms with Gasteiger partial charge in [0, 0.05) is 0 Å². The standard InChI is InChI=1S/C4H3ClO3S2/c5-3-1-2-9-4(3)10(6,7)8/h1-2H,(H,6,7,8). The third-order valence-electron chi connectivity index (χ3n) is 0.819. The van der Waals surface area contributed by atoms with Crippen molar-refractivity contribution in [2.75, 3.05) is 0 Å². The van der Waals surface area contributed by atoms with Crippen LogP contribution in [0.2, 0.25) is 5.02 Å². The van der Waals surface area contributed by atoms with Crippen molar-refractivity contribution in [2.45, 2.75) is 4.21 Å². The minimum absolute atomic E-state index is 0.0625. The van der Waals surface area contributed by atoms with Crippen LogP contribution in [0.5, 0.6) is 0 Å². The average molecular weight is 199 g/mol. The van der Waals surface area contributed by atoms with E-state index < -0.39 is 10.1 Å². The summed E-state index contributed by atoms with van der Waals surface area (Å²) in [6.07, 6.45) is 0. The maximum absolute atomic E-state index is 10.4. The van der Waals surface area contributed by atoms with Gasteiger partial charge in [0.25, 0.3) is 0 Å². The van der Waals surface area contributed by atoms with E-state index in [0.717, 1.165) is 11.3 Å². The Morgan fingerprint density at radius 2 is 2.20 bits per heavy atom. The number of halogens is 1. The van der Waals surface area contributed by atoms with Crippen LogP contribution in [0.3, 0.4) is 0 Å². The van der Waals surface area contributed by atoms with E-state index >= 15 is 0 Å². The normalized spacial score (nSPS) is 11.8. The van der Waals surface area contributed by atoms with Gasteiger partial charge in [0.2, 0.25) is 0 Å². The maximum Gasteiger partial charge on any atom is 0.305 e. The number of thiophene rings is 1. The van der Waals surface area contributed by atoms with E-state index in [1.807, 2.05) is 0 Å². The SMILES string of the molecule is O=S(=O)(O)c1sccc1Cl. The molecule has 56 valence electrons. The van der Waals surface area contributed by atoms with Gasteiger partial charge in [0.05, 0.1) is 5.02 Å². The summed E-state index contributed by atoms with van der Waals surface area (Å²) in [5, 5.41) is 1.55. The van der Waals surface area contributed by atoms with Crippen molar-refractivity contribution in [1.82, 2.24) is 0 Å². The Morgan fingerprint density at radius 3 is 2.40 bits per heavy atom. The molecule has 0 aliphatic heterocycles. The van der Waals surface area contributed by atoms with Crippen LogP contribution in [0.25, 0.3) is 0 Å². The summed E-state index contributed by atoms with van der Waals surface area (Å²) in [6.45, 7) is 0. The molecule has 0 fully saturated rings. The Kier molecular flexibility index (Phi) is 2.00. The van der Waals surface area contributed by atoms with Crippen LogP contribution >= 0.6 is 22.9 Å². The molecule has 0 unspecified atom stereocenters. The summed E-state index contributed by atoms with van der Waals surface area (Å²) >= 11 is 6.28. The van der Waals surface area contributed by atoms with Crippen molar-refractivity contribution in [1.29, 1.82) is 0 Å². The topological polar surface area (TPSA) is 54.4 Å². The molecule has 0 aliphatic carbocycles. The molecule has 0 amide bonds. The fraction of sp³-hybridized carbons (Fsp3) is 0. The first-order chi connectivity index (χ1) is 4.52. The van der Waals surface area contributed by atoms with E-state index in [9.17, 15) is 8.42 Å². The first kappa shape index (κ1) is 8.00. The van der Waals surface area contributed by atoms with Gasteiger partial charge in [-0.25, -0.2) is 0 Å². The molecule has 1 aromatic rings. The van der Waals surface area contributed by atoms with Crippen LogP contribution in [-0.4, -0.2) is 13.0 Å². The van der Waals surface area contributed by atoms with Crippen molar-refractivity contribution in [3.8, 4) is 0 Å². The highest BCUT2D eigenvalue weighted by Gasteiger charge is 2.14. The Hall–Kier alpha value is -0.100. The number of rotatable bonds is 1. The fourth-order valence-corrected chi connectivity index (χ4v) is 2.50. The van der Waals surface area contributed by atoms with Gasteiger partial charge in [-0.15, -0.1) is 11.3 Å². The molecule has 0 bridgehead atoms.